The zero-order valence-corrected chi connectivity index (χ0v) is 11.6. The minimum absolute atomic E-state index is 0.00761. The van der Waals surface area contributed by atoms with Gasteiger partial charge in [0, 0.05) is 6.54 Å². The van der Waals surface area contributed by atoms with Gasteiger partial charge in [0.25, 0.3) is 0 Å². The van der Waals surface area contributed by atoms with Crippen LogP contribution in [0.3, 0.4) is 0 Å². The van der Waals surface area contributed by atoms with E-state index in [9.17, 15) is 4.79 Å². The van der Waals surface area contributed by atoms with Crippen LogP contribution in [0.2, 0.25) is 0 Å². The molecule has 0 aromatic heterocycles. The number of hydrogen-bond donors (Lipinski definition) is 2. The molecule has 0 saturated carbocycles. The fraction of sp³-hybridized carbons (Fsp3) is 0.923. The molecule has 4 nitrogen and oxygen atoms in total. The first-order valence-corrected chi connectivity index (χ1v) is 6.55. The van der Waals surface area contributed by atoms with E-state index in [2.05, 4.69) is 24.5 Å². The summed E-state index contributed by atoms with van der Waals surface area (Å²) in [4.78, 5) is 12.1. The SMILES string of the molecule is CNCC(C)CNC(=O)C1C(C)OC(C)C1C. The van der Waals surface area contributed by atoms with Crippen LogP contribution < -0.4 is 10.6 Å². The monoisotopic (exact) mass is 242 g/mol. The third-order valence-electron chi connectivity index (χ3n) is 3.72. The van der Waals surface area contributed by atoms with Gasteiger partial charge in [-0.2, -0.15) is 0 Å². The van der Waals surface area contributed by atoms with Crippen LogP contribution in [0.4, 0.5) is 0 Å². The van der Waals surface area contributed by atoms with Gasteiger partial charge in [-0.05, 0) is 39.3 Å². The quantitative estimate of drug-likeness (QED) is 0.757. The van der Waals surface area contributed by atoms with Gasteiger partial charge >= 0.3 is 0 Å². The van der Waals surface area contributed by atoms with E-state index >= 15 is 0 Å². The molecule has 5 atom stereocenters. The van der Waals surface area contributed by atoms with Crippen LogP contribution in [0, 0.1) is 17.8 Å². The lowest BCUT2D eigenvalue weighted by atomic mass is 9.89. The summed E-state index contributed by atoms with van der Waals surface area (Å²) in [7, 11) is 1.93. The maximum Gasteiger partial charge on any atom is 0.226 e. The van der Waals surface area contributed by atoms with Crippen molar-refractivity contribution in [1.82, 2.24) is 10.6 Å². The van der Waals surface area contributed by atoms with Crippen LogP contribution in [0.15, 0.2) is 0 Å². The lowest BCUT2D eigenvalue weighted by Crippen LogP contribution is -2.40. The Hall–Kier alpha value is -0.610. The normalized spacial score (nSPS) is 34.6. The highest BCUT2D eigenvalue weighted by molar-refractivity contribution is 5.79. The summed E-state index contributed by atoms with van der Waals surface area (Å²) < 4.78 is 5.69. The second kappa shape index (κ2) is 6.36. The summed E-state index contributed by atoms with van der Waals surface area (Å²) in [5.74, 6) is 0.878. The molecule has 5 unspecified atom stereocenters. The molecule has 0 aromatic rings. The number of rotatable bonds is 5. The molecule has 100 valence electrons. The van der Waals surface area contributed by atoms with Crippen LogP contribution in [0.5, 0.6) is 0 Å². The molecular weight excluding hydrogens is 216 g/mol. The predicted molar refractivity (Wildman–Crippen MR) is 68.8 cm³/mol. The molecule has 0 aliphatic carbocycles. The Morgan fingerprint density at radius 2 is 1.88 bits per heavy atom. The zero-order valence-electron chi connectivity index (χ0n) is 11.6. The zero-order chi connectivity index (χ0) is 13.0. The predicted octanol–water partition coefficient (Wildman–Crippen LogP) is 1.02. The first-order valence-electron chi connectivity index (χ1n) is 6.55. The van der Waals surface area contributed by atoms with E-state index in [0.29, 0.717) is 11.8 Å². The molecule has 1 aliphatic heterocycles. The highest BCUT2D eigenvalue weighted by Gasteiger charge is 2.41. The molecule has 0 aromatic carbocycles. The van der Waals surface area contributed by atoms with Gasteiger partial charge in [0.2, 0.25) is 5.91 Å². The topological polar surface area (TPSA) is 50.4 Å². The molecule has 1 fully saturated rings. The van der Waals surface area contributed by atoms with Crippen molar-refractivity contribution >= 4 is 5.91 Å². The second-order valence-corrected chi connectivity index (χ2v) is 5.34. The largest absolute Gasteiger partial charge is 0.374 e. The molecule has 0 bridgehead atoms. The molecule has 0 radical (unpaired) electrons. The Balaban J connectivity index is 2.42. The molecule has 1 rings (SSSR count). The van der Waals surface area contributed by atoms with E-state index in [1.165, 1.54) is 0 Å². The molecule has 0 spiro atoms. The van der Waals surface area contributed by atoms with E-state index in [1.54, 1.807) is 0 Å². The van der Waals surface area contributed by atoms with Gasteiger partial charge < -0.3 is 15.4 Å². The third kappa shape index (κ3) is 3.68. The van der Waals surface area contributed by atoms with Crippen molar-refractivity contribution in [2.45, 2.75) is 39.9 Å². The van der Waals surface area contributed by atoms with Crippen LogP contribution in [0.1, 0.15) is 27.7 Å². The van der Waals surface area contributed by atoms with Gasteiger partial charge in [0.1, 0.15) is 0 Å². The highest BCUT2D eigenvalue weighted by Crippen LogP contribution is 2.32. The highest BCUT2D eigenvalue weighted by atomic mass is 16.5. The average molecular weight is 242 g/mol. The van der Waals surface area contributed by atoms with Gasteiger partial charge in [-0.3, -0.25) is 4.79 Å². The Kier molecular flexibility index (Phi) is 5.40. The van der Waals surface area contributed by atoms with Crippen molar-refractivity contribution in [3.05, 3.63) is 0 Å². The number of nitrogens with one attached hydrogen (secondary N) is 2. The Morgan fingerprint density at radius 1 is 1.24 bits per heavy atom. The molecule has 1 heterocycles. The average Bonchev–Trinajstić information content (AvgIpc) is 2.50. The van der Waals surface area contributed by atoms with Gasteiger partial charge in [0.05, 0.1) is 18.1 Å². The summed E-state index contributed by atoms with van der Waals surface area (Å²) >= 11 is 0. The summed E-state index contributed by atoms with van der Waals surface area (Å²) in [5.41, 5.74) is 0. The molecule has 1 saturated heterocycles. The van der Waals surface area contributed by atoms with E-state index in [-0.39, 0.29) is 24.0 Å². The van der Waals surface area contributed by atoms with Gasteiger partial charge in [0.15, 0.2) is 0 Å². The minimum Gasteiger partial charge on any atom is -0.374 e. The summed E-state index contributed by atoms with van der Waals surface area (Å²) in [6.45, 7) is 9.89. The molecule has 4 heteroatoms. The lowest BCUT2D eigenvalue weighted by Gasteiger charge is -2.19. The van der Waals surface area contributed by atoms with Crippen LogP contribution in [-0.2, 0) is 9.53 Å². The lowest BCUT2D eigenvalue weighted by molar-refractivity contribution is -0.127. The van der Waals surface area contributed by atoms with E-state index in [1.807, 2.05) is 20.9 Å². The van der Waals surface area contributed by atoms with Crippen molar-refractivity contribution in [3.63, 3.8) is 0 Å². The molecular formula is C13H26N2O2. The number of ether oxygens (including phenoxy) is 1. The fourth-order valence-electron chi connectivity index (χ4n) is 2.53. The summed E-state index contributed by atoms with van der Waals surface area (Å²) in [6, 6.07) is 0. The Labute approximate surface area is 104 Å². The van der Waals surface area contributed by atoms with Crippen molar-refractivity contribution in [2.75, 3.05) is 20.1 Å². The van der Waals surface area contributed by atoms with Gasteiger partial charge in [-0.25, -0.2) is 0 Å². The van der Waals surface area contributed by atoms with Gasteiger partial charge in [-0.1, -0.05) is 13.8 Å². The Morgan fingerprint density at radius 3 is 2.35 bits per heavy atom. The number of hydrogen-bond acceptors (Lipinski definition) is 3. The smallest absolute Gasteiger partial charge is 0.226 e. The number of carbonyl (C=O) groups excluding carboxylic acids is 1. The standard InChI is InChI=1S/C13H26N2O2/c1-8(6-14-5)7-15-13(16)12-9(2)10(3)17-11(12)4/h8-12,14H,6-7H2,1-5H3,(H,15,16). The molecule has 1 amide bonds. The van der Waals surface area contributed by atoms with Crippen molar-refractivity contribution in [2.24, 2.45) is 17.8 Å². The van der Waals surface area contributed by atoms with Crippen LogP contribution >= 0.6 is 0 Å². The van der Waals surface area contributed by atoms with Crippen LogP contribution in [-0.4, -0.2) is 38.3 Å². The summed E-state index contributed by atoms with van der Waals surface area (Å²) in [6.07, 6.45) is 0.204. The first kappa shape index (κ1) is 14.5. The Bertz CT molecular complexity index is 258. The maximum absolute atomic E-state index is 12.1. The number of carbonyl (C=O) groups is 1. The fourth-order valence-corrected chi connectivity index (χ4v) is 2.53. The molecule has 2 N–H and O–H groups in total. The molecule has 17 heavy (non-hydrogen) atoms. The van der Waals surface area contributed by atoms with Crippen LogP contribution in [0.25, 0.3) is 0 Å². The van der Waals surface area contributed by atoms with Gasteiger partial charge in [-0.15, -0.1) is 0 Å². The molecule has 1 aliphatic rings. The first-order chi connectivity index (χ1) is 7.97. The maximum atomic E-state index is 12.1. The van der Waals surface area contributed by atoms with Crippen molar-refractivity contribution in [3.8, 4) is 0 Å². The summed E-state index contributed by atoms with van der Waals surface area (Å²) in [5, 5.41) is 6.14. The van der Waals surface area contributed by atoms with Crippen molar-refractivity contribution < 1.29 is 9.53 Å². The minimum atomic E-state index is -0.00761. The third-order valence-corrected chi connectivity index (χ3v) is 3.72. The van der Waals surface area contributed by atoms with E-state index in [0.717, 1.165) is 13.1 Å². The van der Waals surface area contributed by atoms with E-state index in [4.69, 9.17) is 4.74 Å². The van der Waals surface area contributed by atoms with E-state index < -0.39 is 0 Å². The number of amides is 1. The van der Waals surface area contributed by atoms with Crippen molar-refractivity contribution in [1.29, 1.82) is 0 Å². The second-order valence-electron chi connectivity index (χ2n) is 5.34.